The molecule has 0 spiro atoms. The molecule has 4 aromatic carbocycles. The highest BCUT2D eigenvalue weighted by Crippen LogP contribution is 2.34. The van der Waals surface area contributed by atoms with E-state index in [1.807, 2.05) is 72.8 Å². The maximum Gasteiger partial charge on any atom is 0.344 e. The summed E-state index contributed by atoms with van der Waals surface area (Å²) in [7, 11) is 0. The number of carbonyl (C=O) groups is 1. The van der Waals surface area contributed by atoms with Gasteiger partial charge < -0.3 is 9.73 Å². The van der Waals surface area contributed by atoms with E-state index in [-0.39, 0.29) is 5.91 Å². The van der Waals surface area contributed by atoms with Gasteiger partial charge in [-0.3, -0.25) is 4.79 Å². The van der Waals surface area contributed by atoms with Crippen LogP contribution in [-0.4, -0.2) is 10.9 Å². The van der Waals surface area contributed by atoms with Gasteiger partial charge in [-0.1, -0.05) is 54.6 Å². The minimum Gasteiger partial charge on any atom is -0.422 e. The Morgan fingerprint density at radius 1 is 0.800 bits per heavy atom. The third kappa shape index (κ3) is 4.00. The molecule has 0 radical (unpaired) electrons. The van der Waals surface area contributed by atoms with Crippen LogP contribution in [0.15, 0.2) is 112 Å². The Hall–Kier alpha value is -4.55. The van der Waals surface area contributed by atoms with Crippen molar-refractivity contribution in [2.24, 2.45) is 0 Å². The lowest BCUT2D eigenvalue weighted by atomic mass is 10.0. The molecule has 168 valence electrons. The highest BCUT2D eigenvalue weighted by molar-refractivity contribution is 7.21. The molecule has 0 saturated heterocycles. The van der Waals surface area contributed by atoms with Crippen LogP contribution in [-0.2, 0) is 0 Å². The Morgan fingerprint density at radius 3 is 2.40 bits per heavy atom. The minimum atomic E-state index is -0.411. The maximum absolute atomic E-state index is 13.1. The molecule has 0 aliphatic rings. The van der Waals surface area contributed by atoms with Crippen LogP contribution in [0.25, 0.3) is 42.9 Å². The summed E-state index contributed by atoms with van der Waals surface area (Å²) in [6.07, 6.45) is 0. The smallest absolute Gasteiger partial charge is 0.344 e. The molecule has 1 amide bonds. The van der Waals surface area contributed by atoms with E-state index >= 15 is 0 Å². The number of amides is 1. The SMILES string of the molecule is O=C(Nc1ccccc1-c1nc2ccccc2s1)c1ccc(-c2cc3ccccc3oc2=O)cc1. The van der Waals surface area contributed by atoms with Crippen LogP contribution in [0.1, 0.15) is 10.4 Å². The first-order valence-corrected chi connectivity index (χ1v) is 11.9. The summed E-state index contributed by atoms with van der Waals surface area (Å²) in [5.41, 5.74) is 4.26. The zero-order valence-electron chi connectivity index (χ0n) is 18.4. The predicted molar refractivity (Wildman–Crippen MR) is 141 cm³/mol. The molecular weight excluding hydrogens is 456 g/mol. The Morgan fingerprint density at radius 2 is 1.54 bits per heavy atom. The van der Waals surface area contributed by atoms with Gasteiger partial charge in [-0.15, -0.1) is 11.3 Å². The molecule has 6 heteroatoms. The van der Waals surface area contributed by atoms with Gasteiger partial charge in [0.1, 0.15) is 10.6 Å². The fourth-order valence-corrected chi connectivity index (χ4v) is 5.03. The summed E-state index contributed by atoms with van der Waals surface area (Å²) in [6, 6.07) is 31.7. The molecular formula is C29H18N2O3S. The monoisotopic (exact) mass is 474 g/mol. The molecule has 0 aliphatic carbocycles. The predicted octanol–water partition coefficient (Wildman–Crippen LogP) is 6.99. The normalized spacial score (nSPS) is 11.1. The lowest BCUT2D eigenvalue weighted by Crippen LogP contribution is -2.12. The Bertz CT molecular complexity index is 1730. The van der Waals surface area contributed by atoms with Gasteiger partial charge >= 0.3 is 5.63 Å². The van der Waals surface area contributed by atoms with E-state index in [0.717, 1.165) is 26.2 Å². The first-order chi connectivity index (χ1) is 17.2. The fraction of sp³-hybridized carbons (Fsp3) is 0. The van der Waals surface area contributed by atoms with Crippen LogP contribution >= 0.6 is 11.3 Å². The van der Waals surface area contributed by atoms with Crippen LogP contribution in [0.2, 0.25) is 0 Å². The number of nitrogens with one attached hydrogen (secondary N) is 1. The van der Waals surface area contributed by atoms with E-state index in [2.05, 4.69) is 5.32 Å². The van der Waals surface area contributed by atoms with E-state index in [0.29, 0.717) is 28.0 Å². The summed E-state index contributed by atoms with van der Waals surface area (Å²) in [6.45, 7) is 0. The number of hydrogen-bond acceptors (Lipinski definition) is 5. The zero-order valence-corrected chi connectivity index (χ0v) is 19.2. The lowest BCUT2D eigenvalue weighted by Gasteiger charge is -2.10. The number of carbonyl (C=O) groups excluding carboxylic acids is 1. The highest BCUT2D eigenvalue weighted by atomic mass is 32.1. The molecule has 5 nitrogen and oxygen atoms in total. The number of thiazole rings is 1. The lowest BCUT2D eigenvalue weighted by molar-refractivity contribution is 0.102. The van der Waals surface area contributed by atoms with Crippen LogP contribution in [0.4, 0.5) is 5.69 Å². The van der Waals surface area contributed by atoms with Crippen molar-refractivity contribution < 1.29 is 9.21 Å². The first kappa shape index (κ1) is 21.0. The Kier molecular flexibility index (Phi) is 5.20. The van der Waals surface area contributed by atoms with Crippen molar-refractivity contribution in [1.82, 2.24) is 4.98 Å². The second-order valence-electron chi connectivity index (χ2n) is 8.05. The van der Waals surface area contributed by atoms with Gasteiger partial charge in [-0.2, -0.15) is 0 Å². The van der Waals surface area contributed by atoms with E-state index < -0.39 is 5.63 Å². The number of para-hydroxylation sites is 3. The molecule has 35 heavy (non-hydrogen) atoms. The van der Waals surface area contributed by atoms with E-state index in [1.165, 1.54) is 0 Å². The quantitative estimate of drug-likeness (QED) is 0.280. The van der Waals surface area contributed by atoms with Crippen LogP contribution in [0.3, 0.4) is 0 Å². The number of anilines is 1. The van der Waals surface area contributed by atoms with Gasteiger partial charge in [0.2, 0.25) is 0 Å². The second kappa shape index (κ2) is 8.66. The zero-order chi connectivity index (χ0) is 23.8. The summed E-state index contributed by atoms with van der Waals surface area (Å²) in [4.78, 5) is 30.3. The number of hydrogen-bond donors (Lipinski definition) is 1. The van der Waals surface area contributed by atoms with E-state index in [4.69, 9.17) is 9.40 Å². The molecule has 2 aromatic heterocycles. The minimum absolute atomic E-state index is 0.240. The number of rotatable bonds is 4. The second-order valence-corrected chi connectivity index (χ2v) is 9.08. The number of aromatic nitrogens is 1. The molecule has 0 unspecified atom stereocenters. The third-order valence-electron chi connectivity index (χ3n) is 5.80. The molecule has 0 saturated carbocycles. The average Bonchev–Trinajstić information content (AvgIpc) is 3.33. The van der Waals surface area contributed by atoms with Crippen LogP contribution < -0.4 is 10.9 Å². The molecule has 1 N–H and O–H groups in total. The van der Waals surface area contributed by atoms with Crippen molar-refractivity contribution in [3.8, 4) is 21.7 Å². The van der Waals surface area contributed by atoms with Crippen molar-refractivity contribution in [2.75, 3.05) is 5.32 Å². The summed E-state index contributed by atoms with van der Waals surface area (Å²) < 4.78 is 6.54. The van der Waals surface area contributed by atoms with E-state index in [9.17, 15) is 9.59 Å². The van der Waals surface area contributed by atoms with Gasteiger partial charge in [-0.25, -0.2) is 9.78 Å². The van der Waals surface area contributed by atoms with Crippen molar-refractivity contribution >= 4 is 44.1 Å². The average molecular weight is 475 g/mol. The summed E-state index contributed by atoms with van der Waals surface area (Å²) in [5.74, 6) is -0.240. The molecule has 6 rings (SSSR count). The summed E-state index contributed by atoms with van der Waals surface area (Å²) in [5, 5.41) is 4.70. The number of fused-ring (bicyclic) bond motifs is 2. The molecule has 0 atom stereocenters. The van der Waals surface area contributed by atoms with Crippen LogP contribution in [0.5, 0.6) is 0 Å². The van der Waals surface area contributed by atoms with Gasteiger partial charge in [0, 0.05) is 16.5 Å². The Balaban J connectivity index is 1.28. The molecule has 0 fully saturated rings. The molecule has 6 aromatic rings. The number of nitrogens with zero attached hydrogens (tertiary/aromatic N) is 1. The first-order valence-electron chi connectivity index (χ1n) is 11.1. The fourth-order valence-electron chi connectivity index (χ4n) is 4.02. The standard InChI is InChI=1S/C29H18N2O3S/c32-27(30-23-9-3-2-8-21(23)28-31-24-10-4-6-12-26(24)35-28)19-15-13-18(14-16-19)22-17-20-7-1-5-11-25(20)34-29(22)33/h1-17H,(H,30,32). The topological polar surface area (TPSA) is 72.2 Å². The highest BCUT2D eigenvalue weighted by Gasteiger charge is 2.14. The number of benzene rings is 4. The van der Waals surface area contributed by atoms with Gasteiger partial charge in [0.05, 0.1) is 21.5 Å². The summed E-state index contributed by atoms with van der Waals surface area (Å²) >= 11 is 1.59. The van der Waals surface area contributed by atoms with Crippen molar-refractivity contribution in [3.63, 3.8) is 0 Å². The molecule has 0 aliphatic heterocycles. The maximum atomic E-state index is 13.1. The molecule has 2 heterocycles. The van der Waals surface area contributed by atoms with E-state index in [1.54, 1.807) is 41.7 Å². The van der Waals surface area contributed by atoms with Crippen molar-refractivity contribution in [1.29, 1.82) is 0 Å². The van der Waals surface area contributed by atoms with Gasteiger partial charge in [-0.05, 0) is 54.1 Å². The van der Waals surface area contributed by atoms with Gasteiger partial charge in [0.25, 0.3) is 5.91 Å². The molecule has 0 bridgehead atoms. The van der Waals surface area contributed by atoms with Crippen molar-refractivity contribution in [2.45, 2.75) is 0 Å². The van der Waals surface area contributed by atoms with Gasteiger partial charge in [0.15, 0.2) is 0 Å². The van der Waals surface area contributed by atoms with Crippen LogP contribution in [0, 0.1) is 0 Å². The van der Waals surface area contributed by atoms with Crippen molar-refractivity contribution in [3.05, 3.63) is 119 Å². The Labute approximate surface area is 204 Å². The third-order valence-corrected chi connectivity index (χ3v) is 6.87. The largest absolute Gasteiger partial charge is 0.422 e.